The molecule has 0 amide bonds. The van der Waals surface area contributed by atoms with Crippen LogP contribution in [0, 0.1) is 5.92 Å². The van der Waals surface area contributed by atoms with E-state index in [1.165, 1.54) is 0 Å². The molecule has 0 aromatic heterocycles. The Morgan fingerprint density at radius 3 is 2.57 bits per heavy atom. The molecule has 0 aliphatic carbocycles. The molecule has 1 atom stereocenters. The Hall–Kier alpha value is -1.16. The Bertz CT molecular complexity index is 472. The predicted molar refractivity (Wildman–Crippen MR) is 81.4 cm³/mol. The Balaban J connectivity index is 1.69. The summed E-state index contributed by atoms with van der Waals surface area (Å²) in [5.41, 5.74) is 1.02. The van der Waals surface area contributed by atoms with Gasteiger partial charge in [0.25, 0.3) is 8.18 Å². The number of hydrogen-bond acceptors (Lipinski definition) is 3. The van der Waals surface area contributed by atoms with Crippen LogP contribution in [0.5, 0.6) is 0 Å². The Kier molecular flexibility index (Phi) is 6.43. The van der Waals surface area contributed by atoms with Crippen LogP contribution in [0.4, 0.5) is 0 Å². The van der Waals surface area contributed by atoms with E-state index in [4.69, 9.17) is 9.63 Å². The van der Waals surface area contributed by atoms with Gasteiger partial charge in [0.15, 0.2) is 0 Å². The molecule has 1 heterocycles. The van der Waals surface area contributed by atoms with Crippen LogP contribution in [0.3, 0.4) is 0 Å². The van der Waals surface area contributed by atoms with Gasteiger partial charge in [-0.3, -0.25) is 9.36 Å². The molecule has 1 N–H and O–H groups in total. The second-order valence-electron chi connectivity index (χ2n) is 5.40. The summed E-state index contributed by atoms with van der Waals surface area (Å²) < 4.78 is 19.5. The predicted octanol–water partition coefficient (Wildman–Crippen LogP) is 3.17. The highest BCUT2D eigenvalue weighted by Gasteiger charge is 2.23. The van der Waals surface area contributed by atoms with Gasteiger partial charge >= 0.3 is 5.97 Å². The van der Waals surface area contributed by atoms with Crippen molar-refractivity contribution in [3.8, 4) is 0 Å². The fourth-order valence-corrected chi connectivity index (χ4v) is 3.64. The van der Waals surface area contributed by atoms with E-state index in [0.717, 1.165) is 37.9 Å². The van der Waals surface area contributed by atoms with Gasteiger partial charge in [0, 0.05) is 19.5 Å². The van der Waals surface area contributed by atoms with E-state index in [1.807, 2.05) is 35.0 Å². The standard InChI is InChI=1S/C15H22NO4P/c17-15(18)7-6-13-8-10-16(11-9-13)21(19)20-12-14-4-2-1-3-5-14/h1-5,13,21H,6-12H2,(H,17,18). The van der Waals surface area contributed by atoms with Gasteiger partial charge in [-0.25, -0.2) is 4.67 Å². The topological polar surface area (TPSA) is 66.8 Å². The van der Waals surface area contributed by atoms with Crippen molar-refractivity contribution in [1.82, 2.24) is 4.67 Å². The Labute approximate surface area is 125 Å². The number of nitrogens with zero attached hydrogens (tertiary/aromatic N) is 1. The molecule has 6 heteroatoms. The number of rotatable bonds is 7. The Morgan fingerprint density at radius 2 is 1.95 bits per heavy atom. The maximum Gasteiger partial charge on any atom is 0.303 e. The van der Waals surface area contributed by atoms with Crippen molar-refractivity contribution in [3.63, 3.8) is 0 Å². The molecule has 1 unspecified atom stereocenters. The fraction of sp³-hybridized carbons (Fsp3) is 0.533. The lowest BCUT2D eigenvalue weighted by molar-refractivity contribution is -0.137. The number of benzene rings is 1. The van der Waals surface area contributed by atoms with E-state index in [9.17, 15) is 9.36 Å². The summed E-state index contributed by atoms with van der Waals surface area (Å²) in [5, 5.41) is 8.69. The van der Waals surface area contributed by atoms with Crippen LogP contribution in [0.25, 0.3) is 0 Å². The van der Waals surface area contributed by atoms with Crippen LogP contribution in [0.15, 0.2) is 30.3 Å². The molecule has 1 fully saturated rings. The summed E-state index contributed by atoms with van der Waals surface area (Å²) in [6.07, 6.45) is 2.75. The summed E-state index contributed by atoms with van der Waals surface area (Å²) in [6.45, 7) is 1.84. The first-order valence-corrected chi connectivity index (χ1v) is 8.59. The first-order valence-electron chi connectivity index (χ1n) is 7.32. The quantitative estimate of drug-likeness (QED) is 0.783. The molecular formula is C15H22NO4P. The van der Waals surface area contributed by atoms with E-state index in [2.05, 4.69) is 0 Å². The third kappa shape index (κ3) is 5.62. The second kappa shape index (κ2) is 8.32. The van der Waals surface area contributed by atoms with Crippen LogP contribution < -0.4 is 0 Å². The second-order valence-corrected chi connectivity index (χ2v) is 6.86. The normalized spacial score (nSPS) is 18.5. The van der Waals surface area contributed by atoms with Gasteiger partial charge in [0.1, 0.15) is 0 Å². The summed E-state index contributed by atoms with van der Waals surface area (Å²) in [7, 11) is -2.17. The molecule has 0 bridgehead atoms. The van der Waals surface area contributed by atoms with Crippen LogP contribution in [0.2, 0.25) is 0 Å². The summed E-state index contributed by atoms with van der Waals surface area (Å²) in [6, 6.07) is 9.71. The van der Waals surface area contributed by atoms with Gasteiger partial charge in [-0.15, -0.1) is 0 Å². The van der Waals surface area contributed by atoms with Gasteiger partial charge in [-0.2, -0.15) is 0 Å². The van der Waals surface area contributed by atoms with Crippen molar-refractivity contribution >= 4 is 14.1 Å². The first kappa shape index (κ1) is 16.2. The molecule has 0 radical (unpaired) electrons. The zero-order valence-corrected chi connectivity index (χ0v) is 13.0. The number of hydrogen-bond donors (Lipinski definition) is 1. The van der Waals surface area contributed by atoms with Crippen molar-refractivity contribution in [2.45, 2.75) is 32.3 Å². The van der Waals surface area contributed by atoms with Gasteiger partial charge in [0.2, 0.25) is 0 Å². The van der Waals surface area contributed by atoms with Gasteiger partial charge < -0.3 is 9.63 Å². The third-order valence-corrected chi connectivity index (χ3v) is 5.20. The number of carboxylic acid groups (broad SMARTS) is 1. The minimum absolute atomic E-state index is 0.227. The molecule has 1 aromatic rings. The summed E-state index contributed by atoms with van der Waals surface area (Å²) >= 11 is 0. The van der Waals surface area contributed by atoms with Gasteiger partial charge in [0.05, 0.1) is 6.61 Å². The largest absolute Gasteiger partial charge is 0.481 e. The van der Waals surface area contributed by atoms with Crippen LogP contribution in [-0.2, 0) is 20.5 Å². The average molecular weight is 311 g/mol. The fourth-order valence-electron chi connectivity index (χ4n) is 2.54. The SMILES string of the molecule is O=C(O)CCC1CCN([PH](=O)OCc2ccccc2)CC1. The van der Waals surface area contributed by atoms with Crippen molar-refractivity contribution in [2.75, 3.05) is 13.1 Å². The maximum absolute atomic E-state index is 12.1. The van der Waals surface area contributed by atoms with E-state index in [-0.39, 0.29) is 6.42 Å². The van der Waals surface area contributed by atoms with Crippen molar-refractivity contribution in [1.29, 1.82) is 0 Å². The van der Waals surface area contributed by atoms with Crippen LogP contribution in [-0.4, -0.2) is 28.8 Å². The molecule has 116 valence electrons. The lowest BCUT2D eigenvalue weighted by Crippen LogP contribution is -2.29. The van der Waals surface area contributed by atoms with E-state index in [1.54, 1.807) is 0 Å². The lowest BCUT2D eigenvalue weighted by atomic mass is 9.93. The minimum Gasteiger partial charge on any atom is -0.481 e. The van der Waals surface area contributed by atoms with Crippen LogP contribution in [0.1, 0.15) is 31.2 Å². The van der Waals surface area contributed by atoms with Crippen molar-refractivity contribution < 1.29 is 19.0 Å². The van der Waals surface area contributed by atoms with E-state index in [0.29, 0.717) is 12.5 Å². The van der Waals surface area contributed by atoms with E-state index < -0.39 is 14.1 Å². The highest BCUT2D eigenvalue weighted by molar-refractivity contribution is 7.36. The highest BCUT2D eigenvalue weighted by atomic mass is 31.1. The van der Waals surface area contributed by atoms with Crippen molar-refractivity contribution in [3.05, 3.63) is 35.9 Å². The molecular weight excluding hydrogens is 289 g/mol. The number of carbonyl (C=O) groups is 1. The number of aliphatic carboxylic acids is 1. The molecule has 1 aliphatic heterocycles. The van der Waals surface area contributed by atoms with Crippen molar-refractivity contribution in [2.24, 2.45) is 5.92 Å². The number of carboxylic acids is 1. The molecule has 21 heavy (non-hydrogen) atoms. The molecule has 1 saturated heterocycles. The zero-order chi connectivity index (χ0) is 15.1. The van der Waals surface area contributed by atoms with E-state index >= 15 is 0 Å². The molecule has 5 nitrogen and oxygen atoms in total. The third-order valence-electron chi connectivity index (χ3n) is 3.84. The highest BCUT2D eigenvalue weighted by Crippen LogP contribution is 2.35. The summed E-state index contributed by atoms with van der Waals surface area (Å²) in [5.74, 6) is -0.307. The maximum atomic E-state index is 12.1. The molecule has 1 aromatic carbocycles. The molecule has 1 aliphatic rings. The van der Waals surface area contributed by atoms with Crippen LogP contribution >= 0.6 is 8.18 Å². The monoisotopic (exact) mass is 311 g/mol. The van der Waals surface area contributed by atoms with Gasteiger partial charge in [-0.05, 0) is 30.7 Å². The molecule has 2 rings (SSSR count). The Morgan fingerprint density at radius 1 is 1.29 bits per heavy atom. The lowest BCUT2D eigenvalue weighted by Gasteiger charge is -2.30. The average Bonchev–Trinajstić information content (AvgIpc) is 2.52. The molecule has 0 saturated carbocycles. The van der Waals surface area contributed by atoms with Gasteiger partial charge in [-0.1, -0.05) is 30.3 Å². The summed E-state index contributed by atoms with van der Waals surface area (Å²) in [4.78, 5) is 10.6. The minimum atomic E-state index is -2.17. The number of piperidine rings is 1. The first-order chi connectivity index (χ1) is 10.1. The smallest absolute Gasteiger partial charge is 0.303 e. The molecule has 0 spiro atoms. The zero-order valence-electron chi connectivity index (χ0n) is 12.0.